The van der Waals surface area contributed by atoms with Crippen LogP contribution in [0.2, 0.25) is 0 Å². The minimum absolute atomic E-state index is 0.00156. The van der Waals surface area contributed by atoms with Crippen molar-refractivity contribution in [1.82, 2.24) is 5.32 Å². The number of carbonyl (C=O) groups excluding carboxylic acids is 3. The molecule has 1 aromatic carbocycles. The molecule has 0 saturated heterocycles. The number of rotatable bonds is 6. The van der Waals surface area contributed by atoms with Gasteiger partial charge in [-0.2, -0.15) is 0 Å². The van der Waals surface area contributed by atoms with Crippen LogP contribution in [0.5, 0.6) is 0 Å². The van der Waals surface area contributed by atoms with Crippen molar-refractivity contribution in [2.75, 3.05) is 17.2 Å². The van der Waals surface area contributed by atoms with E-state index in [9.17, 15) is 14.4 Å². The smallest absolute Gasteiger partial charge is 0.227 e. The summed E-state index contributed by atoms with van der Waals surface area (Å²) in [4.78, 5) is 35.6. The Hall–Kier alpha value is -2.37. The van der Waals surface area contributed by atoms with E-state index >= 15 is 0 Å². The molecule has 0 spiro atoms. The van der Waals surface area contributed by atoms with Crippen molar-refractivity contribution >= 4 is 29.1 Å². The van der Waals surface area contributed by atoms with Crippen molar-refractivity contribution < 1.29 is 14.4 Å². The summed E-state index contributed by atoms with van der Waals surface area (Å²) in [6.45, 7) is 6.30. The average Bonchev–Trinajstić information content (AvgIpc) is 2.61. The van der Waals surface area contributed by atoms with E-state index in [2.05, 4.69) is 29.8 Å². The molecule has 0 atom stereocenters. The molecule has 0 bridgehead atoms. The van der Waals surface area contributed by atoms with Gasteiger partial charge in [0, 0.05) is 36.7 Å². The predicted molar refractivity (Wildman–Crippen MR) is 103 cm³/mol. The van der Waals surface area contributed by atoms with Crippen LogP contribution >= 0.6 is 0 Å². The summed E-state index contributed by atoms with van der Waals surface area (Å²) in [6, 6.07) is 7.06. The lowest BCUT2D eigenvalue weighted by Gasteiger charge is -2.27. The van der Waals surface area contributed by atoms with Gasteiger partial charge in [-0.05, 0) is 55.9 Å². The highest BCUT2D eigenvalue weighted by Gasteiger charge is 2.29. The van der Waals surface area contributed by atoms with E-state index in [4.69, 9.17) is 0 Å². The Kier molecular flexibility index (Phi) is 7.18. The molecule has 1 fully saturated rings. The third kappa shape index (κ3) is 6.17. The first-order valence-corrected chi connectivity index (χ1v) is 9.31. The fraction of sp³-hybridized carbons (Fsp3) is 0.550. The van der Waals surface area contributed by atoms with Crippen LogP contribution in [0.15, 0.2) is 24.3 Å². The van der Waals surface area contributed by atoms with Crippen LogP contribution in [0, 0.1) is 17.8 Å². The zero-order chi connectivity index (χ0) is 19.1. The van der Waals surface area contributed by atoms with Crippen LogP contribution < -0.4 is 16.0 Å². The van der Waals surface area contributed by atoms with E-state index in [-0.39, 0.29) is 29.6 Å². The van der Waals surface area contributed by atoms with Crippen molar-refractivity contribution in [3.05, 3.63) is 24.3 Å². The van der Waals surface area contributed by atoms with Crippen molar-refractivity contribution in [3.8, 4) is 0 Å². The second-order valence-electron chi connectivity index (χ2n) is 7.44. The molecule has 1 aromatic rings. The molecular weight excluding hydrogens is 330 g/mol. The maximum absolute atomic E-state index is 12.4. The molecule has 26 heavy (non-hydrogen) atoms. The van der Waals surface area contributed by atoms with Gasteiger partial charge < -0.3 is 16.0 Å². The predicted octanol–water partition coefficient (Wildman–Crippen LogP) is 3.16. The Morgan fingerprint density at radius 2 is 1.35 bits per heavy atom. The molecular formula is C20H29N3O3. The van der Waals surface area contributed by atoms with Gasteiger partial charge in [-0.1, -0.05) is 13.8 Å². The number of amides is 3. The first-order chi connectivity index (χ1) is 12.3. The Bertz CT molecular complexity index is 632. The highest BCUT2D eigenvalue weighted by atomic mass is 16.2. The third-order valence-electron chi connectivity index (χ3n) is 4.63. The van der Waals surface area contributed by atoms with E-state index < -0.39 is 0 Å². The van der Waals surface area contributed by atoms with Crippen LogP contribution in [0.3, 0.4) is 0 Å². The lowest BCUT2D eigenvalue weighted by molar-refractivity contribution is -0.128. The van der Waals surface area contributed by atoms with Gasteiger partial charge in [-0.3, -0.25) is 14.4 Å². The molecule has 0 aromatic heterocycles. The molecule has 0 radical (unpaired) electrons. The summed E-state index contributed by atoms with van der Waals surface area (Å²) in [5.41, 5.74) is 1.41. The maximum Gasteiger partial charge on any atom is 0.227 e. The number of nitrogens with one attached hydrogen (secondary N) is 3. The van der Waals surface area contributed by atoms with Crippen LogP contribution in [0.4, 0.5) is 11.4 Å². The Balaban J connectivity index is 1.79. The fourth-order valence-electron chi connectivity index (χ4n) is 3.15. The highest BCUT2D eigenvalue weighted by molar-refractivity contribution is 5.93. The highest BCUT2D eigenvalue weighted by Crippen LogP contribution is 2.30. The standard InChI is InChI=1S/C20H29N3O3/c1-13(2)12-21-19(25)15-4-6-16(7-5-15)20(26)23-18-10-8-17(9-11-18)22-14(3)24/h8-11,13,15-16H,4-7,12H2,1-3H3,(H,21,25)(H,22,24)(H,23,26). The normalized spacial score (nSPS) is 19.7. The second-order valence-corrected chi connectivity index (χ2v) is 7.44. The summed E-state index contributed by atoms with van der Waals surface area (Å²) < 4.78 is 0. The average molecular weight is 359 g/mol. The van der Waals surface area contributed by atoms with Gasteiger partial charge in [0.2, 0.25) is 17.7 Å². The van der Waals surface area contributed by atoms with Crippen LogP contribution in [0.1, 0.15) is 46.5 Å². The first-order valence-electron chi connectivity index (χ1n) is 9.31. The molecule has 1 aliphatic rings. The molecule has 0 aliphatic heterocycles. The largest absolute Gasteiger partial charge is 0.356 e. The molecule has 6 nitrogen and oxygen atoms in total. The van der Waals surface area contributed by atoms with Gasteiger partial charge in [0.05, 0.1) is 0 Å². The lowest BCUT2D eigenvalue weighted by atomic mass is 9.81. The van der Waals surface area contributed by atoms with Gasteiger partial charge in [-0.15, -0.1) is 0 Å². The second kappa shape index (κ2) is 9.36. The van der Waals surface area contributed by atoms with Crippen LogP contribution in [-0.4, -0.2) is 24.3 Å². The monoisotopic (exact) mass is 359 g/mol. The maximum atomic E-state index is 12.4. The van der Waals surface area contributed by atoms with Crippen molar-refractivity contribution in [2.24, 2.45) is 17.8 Å². The zero-order valence-electron chi connectivity index (χ0n) is 15.8. The van der Waals surface area contributed by atoms with Crippen molar-refractivity contribution in [1.29, 1.82) is 0 Å². The van der Waals surface area contributed by atoms with E-state index in [1.807, 2.05) is 0 Å². The molecule has 0 unspecified atom stereocenters. The van der Waals surface area contributed by atoms with Gasteiger partial charge in [0.1, 0.15) is 0 Å². The van der Waals surface area contributed by atoms with E-state index in [0.717, 1.165) is 25.7 Å². The molecule has 0 heterocycles. The van der Waals surface area contributed by atoms with Gasteiger partial charge in [-0.25, -0.2) is 0 Å². The molecule has 1 saturated carbocycles. The van der Waals surface area contributed by atoms with Crippen molar-refractivity contribution in [2.45, 2.75) is 46.5 Å². The SMILES string of the molecule is CC(=O)Nc1ccc(NC(=O)C2CCC(C(=O)NCC(C)C)CC2)cc1. The number of carbonyl (C=O) groups is 3. The minimum atomic E-state index is -0.129. The number of benzene rings is 1. The van der Waals surface area contributed by atoms with Crippen LogP contribution in [-0.2, 0) is 14.4 Å². The van der Waals surface area contributed by atoms with Gasteiger partial charge in [0.15, 0.2) is 0 Å². The van der Waals surface area contributed by atoms with Crippen molar-refractivity contribution in [3.63, 3.8) is 0 Å². The zero-order valence-corrected chi connectivity index (χ0v) is 15.8. The fourth-order valence-corrected chi connectivity index (χ4v) is 3.15. The van der Waals surface area contributed by atoms with E-state index in [1.165, 1.54) is 6.92 Å². The Morgan fingerprint density at radius 1 is 0.885 bits per heavy atom. The molecule has 1 aliphatic carbocycles. The summed E-state index contributed by atoms with van der Waals surface area (Å²) >= 11 is 0. The molecule has 6 heteroatoms. The number of hydrogen-bond acceptors (Lipinski definition) is 3. The number of hydrogen-bond donors (Lipinski definition) is 3. The lowest BCUT2D eigenvalue weighted by Crippen LogP contribution is -2.36. The summed E-state index contributed by atoms with van der Waals surface area (Å²) in [7, 11) is 0. The Morgan fingerprint density at radius 3 is 1.81 bits per heavy atom. The molecule has 142 valence electrons. The Labute approximate surface area is 155 Å². The van der Waals surface area contributed by atoms with Gasteiger partial charge in [0.25, 0.3) is 0 Å². The molecule has 3 N–H and O–H groups in total. The first kappa shape index (κ1) is 19.9. The third-order valence-corrected chi connectivity index (χ3v) is 4.63. The molecule has 3 amide bonds. The minimum Gasteiger partial charge on any atom is -0.356 e. The summed E-state index contributed by atoms with van der Waals surface area (Å²) in [5.74, 6) is 0.396. The summed E-state index contributed by atoms with van der Waals surface area (Å²) in [6.07, 6.45) is 2.97. The quantitative estimate of drug-likeness (QED) is 0.729. The van der Waals surface area contributed by atoms with E-state index in [0.29, 0.717) is 23.8 Å². The summed E-state index contributed by atoms with van der Waals surface area (Å²) in [5, 5.41) is 8.60. The molecule has 2 rings (SSSR count). The topological polar surface area (TPSA) is 87.3 Å². The number of anilines is 2. The van der Waals surface area contributed by atoms with E-state index in [1.54, 1.807) is 24.3 Å². The van der Waals surface area contributed by atoms with Crippen LogP contribution in [0.25, 0.3) is 0 Å². The van der Waals surface area contributed by atoms with Gasteiger partial charge >= 0.3 is 0 Å².